The van der Waals surface area contributed by atoms with Crippen LogP contribution in [0.2, 0.25) is 0 Å². The van der Waals surface area contributed by atoms with Gasteiger partial charge in [0.25, 0.3) is 0 Å². The van der Waals surface area contributed by atoms with Gasteiger partial charge in [-0.15, -0.1) is 0 Å². The molecule has 5 rings (SSSR count). The molecule has 0 aliphatic rings. The predicted octanol–water partition coefficient (Wildman–Crippen LogP) is 15.9. The highest BCUT2D eigenvalue weighted by molar-refractivity contribution is 7.17. The maximum absolute atomic E-state index is 10.2. The Morgan fingerprint density at radius 2 is 0.719 bits per heavy atom. The van der Waals surface area contributed by atoms with Crippen molar-refractivity contribution >= 4 is 45.6 Å². The fourth-order valence-corrected chi connectivity index (χ4v) is 4.07. The average molecular weight is 795 g/mol. The van der Waals surface area contributed by atoms with Crippen LogP contribution in [0.1, 0.15) is 132 Å². The highest BCUT2D eigenvalue weighted by Gasteiger charge is 1.92. The Bertz CT molecular complexity index is 1530. The zero-order chi connectivity index (χ0) is 43.8. The van der Waals surface area contributed by atoms with Crippen molar-refractivity contribution in [2.45, 2.75) is 89.7 Å². The number of benzene rings is 5. The minimum Gasteiger partial charge on any atom is -0.382 e. The van der Waals surface area contributed by atoms with Gasteiger partial charge in [0.2, 0.25) is 0 Å². The van der Waals surface area contributed by atoms with Gasteiger partial charge in [-0.05, 0) is 53.8 Å². The summed E-state index contributed by atoms with van der Waals surface area (Å²) in [5.41, 5.74) is 6.94. The number of hydrogen-bond donors (Lipinski definition) is 0. The van der Waals surface area contributed by atoms with E-state index < -0.39 is 0 Å². The lowest BCUT2D eigenvalue weighted by Crippen LogP contribution is -1.84. The Hall–Kier alpha value is -5.06. The molecule has 0 aliphatic carbocycles. The summed E-state index contributed by atoms with van der Waals surface area (Å²) in [4.78, 5) is 20.3. The molecule has 0 saturated heterocycles. The topological polar surface area (TPSA) is 69.7 Å². The van der Waals surface area contributed by atoms with Gasteiger partial charge in [0.1, 0.15) is 12.6 Å². The fraction of sp³-hybridized carbons (Fsp3) is 0.294. The summed E-state index contributed by atoms with van der Waals surface area (Å²) in [5, 5.41) is 0. The van der Waals surface area contributed by atoms with Crippen molar-refractivity contribution in [2.75, 3.05) is 13.2 Å². The van der Waals surface area contributed by atoms with Crippen molar-refractivity contribution in [3.63, 3.8) is 0 Å². The number of aldehydes is 2. The lowest BCUT2D eigenvalue weighted by molar-refractivity contribution is 0.112. The van der Waals surface area contributed by atoms with E-state index in [-0.39, 0.29) is 8.69 Å². The van der Waals surface area contributed by atoms with Crippen LogP contribution in [0.15, 0.2) is 140 Å². The zero-order valence-electron chi connectivity index (χ0n) is 36.9. The largest absolute Gasteiger partial charge is 0.382 e. The number of ether oxygens (including phenoxy) is 1. The van der Waals surface area contributed by atoms with E-state index in [1.165, 1.54) is 22.3 Å². The van der Waals surface area contributed by atoms with Crippen LogP contribution in [-0.2, 0) is 20.4 Å². The van der Waals surface area contributed by atoms with Gasteiger partial charge in [-0.25, -0.2) is 4.57 Å². The van der Waals surface area contributed by atoms with Gasteiger partial charge in [0.15, 0.2) is 0 Å². The van der Waals surface area contributed by atoms with Crippen LogP contribution < -0.4 is 0 Å². The number of carbonyl (C=O) groups excluding carboxylic acids is 2. The van der Waals surface area contributed by atoms with Crippen LogP contribution in [-0.4, -0.2) is 25.8 Å². The van der Waals surface area contributed by atoms with Crippen molar-refractivity contribution in [3.8, 4) is 0 Å². The molecule has 0 bridgehead atoms. The smallest absolute Gasteiger partial charge is 0.327 e. The third-order valence-electron chi connectivity index (χ3n) is 6.16. The number of carbonyl (C=O) groups is 2. The second-order valence-electron chi connectivity index (χ2n) is 9.68. The van der Waals surface area contributed by atoms with Crippen LogP contribution in [0.3, 0.4) is 0 Å². The third kappa shape index (κ3) is 35.1. The van der Waals surface area contributed by atoms with Crippen molar-refractivity contribution < 1.29 is 23.4 Å². The first-order valence-corrected chi connectivity index (χ1v) is 21.0. The van der Waals surface area contributed by atoms with Gasteiger partial charge < -0.3 is 4.74 Å². The standard InChI is InChI=1S/C22H18.C8H6O2.C7H7O2P.C4H10O.5C2H6/c1-3-8-19(9-4-1)14-16-21-12-7-13-22(18-21)17-15-20-10-5-2-6-11-20;9-5-7-2-1-3-8(4-7)6-10;8-10-9-6-7-4-2-1-3-5-7;1-3-5-4-2;5*1-2/h1-18H;1-6H;1-5H,6H2;3-4H2,1-2H3;5*1-2H3/b16-14+,17-15+;;;;;;;;. The first-order valence-electron chi connectivity index (χ1n) is 20.2. The van der Waals surface area contributed by atoms with Crippen LogP contribution >= 0.6 is 8.69 Å². The lowest BCUT2D eigenvalue weighted by Gasteiger charge is -1.98. The Morgan fingerprint density at radius 1 is 0.421 bits per heavy atom. The van der Waals surface area contributed by atoms with Crippen LogP contribution in [0.4, 0.5) is 0 Å². The molecule has 0 saturated carbocycles. The van der Waals surface area contributed by atoms with E-state index in [0.717, 1.165) is 18.8 Å². The second-order valence-corrected chi connectivity index (χ2v) is 10.1. The SMILES string of the molecule is C(=C\c1cccc(/C=C/c2ccccc2)c1)/c1ccccc1.CC.CC.CC.CC.CC.CCOCC.O=Cc1cccc(C=O)c1.O=POCc1ccccc1. The Morgan fingerprint density at radius 3 is 1.04 bits per heavy atom. The van der Waals surface area contributed by atoms with Gasteiger partial charge in [0.05, 0.1) is 6.61 Å². The first kappa shape index (κ1) is 58.6. The molecule has 0 heterocycles. The molecular weight excluding hydrogens is 724 g/mol. The Balaban J connectivity index is -0.000000339. The summed E-state index contributed by atoms with van der Waals surface area (Å²) in [6.45, 7) is 26.1. The first-order chi connectivity index (χ1) is 28.1. The van der Waals surface area contributed by atoms with Gasteiger partial charge >= 0.3 is 8.69 Å². The Labute approximate surface area is 349 Å². The van der Waals surface area contributed by atoms with E-state index >= 15 is 0 Å². The molecule has 0 atom stereocenters. The minimum atomic E-state index is -0.260. The summed E-state index contributed by atoms with van der Waals surface area (Å²) < 4.78 is 19.3. The van der Waals surface area contributed by atoms with Crippen LogP contribution in [0, 0.1) is 0 Å². The highest BCUT2D eigenvalue weighted by atomic mass is 31.1. The summed E-state index contributed by atoms with van der Waals surface area (Å²) in [5.74, 6) is 0. The van der Waals surface area contributed by atoms with Gasteiger partial charge in [0, 0.05) is 24.3 Å². The molecule has 0 unspecified atom stereocenters. The third-order valence-corrected chi connectivity index (χ3v) is 6.40. The lowest BCUT2D eigenvalue weighted by atomic mass is 10.1. The average Bonchev–Trinajstić information content (AvgIpc) is 3.32. The quantitative estimate of drug-likeness (QED) is 0.0756. The van der Waals surface area contributed by atoms with E-state index in [2.05, 4.69) is 102 Å². The molecule has 5 aromatic carbocycles. The van der Waals surface area contributed by atoms with Crippen molar-refractivity contribution in [2.24, 2.45) is 0 Å². The van der Waals surface area contributed by atoms with Crippen molar-refractivity contribution in [3.05, 3.63) is 178 Å². The normalized spacial score (nSPS) is 8.91. The molecule has 6 heteroatoms. The minimum absolute atomic E-state index is 0.260. The summed E-state index contributed by atoms with van der Waals surface area (Å²) >= 11 is 0. The molecule has 0 spiro atoms. The molecule has 0 aliphatic heterocycles. The van der Waals surface area contributed by atoms with E-state index in [1.807, 2.05) is 126 Å². The number of hydrogen-bond acceptors (Lipinski definition) is 5. The maximum Gasteiger partial charge on any atom is 0.327 e. The summed E-state index contributed by atoms with van der Waals surface area (Å²) in [6.07, 6.45) is 10.0. The van der Waals surface area contributed by atoms with Gasteiger partial charge in [-0.3, -0.25) is 14.1 Å². The molecule has 0 fully saturated rings. The number of rotatable bonds is 11. The zero-order valence-corrected chi connectivity index (χ0v) is 37.7. The Kier molecular flexibility index (Phi) is 50.4. The van der Waals surface area contributed by atoms with Gasteiger partial charge in [-0.2, -0.15) is 0 Å². The van der Waals surface area contributed by atoms with Crippen molar-refractivity contribution in [1.29, 1.82) is 0 Å². The van der Waals surface area contributed by atoms with E-state index in [9.17, 15) is 14.2 Å². The van der Waals surface area contributed by atoms with Crippen molar-refractivity contribution in [1.82, 2.24) is 0 Å². The fourth-order valence-electron chi connectivity index (χ4n) is 3.86. The molecule has 57 heavy (non-hydrogen) atoms. The maximum atomic E-state index is 10.2. The van der Waals surface area contributed by atoms with Gasteiger partial charge in [-0.1, -0.05) is 221 Å². The molecule has 0 N–H and O–H groups in total. The molecule has 310 valence electrons. The molecule has 0 radical (unpaired) electrons. The predicted molar refractivity (Wildman–Crippen MR) is 252 cm³/mol. The van der Waals surface area contributed by atoms with E-state index in [0.29, 0.717) is 30.3 Å². The van der Waals surface area contributed by atoms with Crippen LogP contribution in [0.5, 0.6) is 0 Å². The van der Waals surface area contributed by atoms with E-state index in [4.69, 9.17) is 4.74 Å². The summed E-state index contributed by atoms with van der Waals surface area (Å²) in [6, 6.07) is 45.4. The highest BCUT2D eigenvalue weighted by Crippen LogP contribution is 2.13. The molecule has 5 nitrogen and oxygen atoms in total. The molecule has 0 amide bonds. The summed E-state index contributed by atoms with van der Waals surface area (Å²) in [7, 11) is -0.260. The molecule has 0 aromatic heterocycles. The monoisotopic (exact) mass is 795 g/mol. The molecular formula is C51H71O5P. The second kappa shape index (κ2) is 49.0. The molecule has 5 aromatic rings. The van der Waals surface area contributed by atoms with E-state index in [1.54, 1.807) is 24.3 Å². The van der Waals surface area contributed by atoms with Crippen LogP contribution in [0.25, 0.3) is 24.3 Å².